The molecule has 1 unspecified atom stereocenters. The quantitative estimate of drug-likeness (QED) is 0.894. The molecule has 1 aromatic rings. The highest BCUT2D eigenvalue weighted by molar-refractivity contribution is 6.34. The minimum Gasteiger partial charge on any atom is -0.492 e. The van der Waals surface area contributed by atoms with Gasteiger partial charge in [-0.3, -0.25) is 0 Å². The van der Waals surface area contributed by atoms with Crippen LogP contribution < -0.4 is 10.1 Å². The molecule has 0 aliphatic carbocycles. The van der Waals surface area contributed by atoms with E-state index in [1.54, 1.807) is 18.2 Å². The van der Waals surface area contributed by atoms with Crippen LogP contribution in [0.25, 0.3) is 0 Å². The highest BCUT2D eigenvalue weighted by Gasteiger charge is 2.13. The Bertz CT molecular complexity index is 351. The molecule has 1 fully saturated rings. The molecular formula is C12H15Cl2NO. The lowest BCUT2D eigenvalue weighted by atomic mass is 10.2. The number of nitrogens with one attached hydrogen (secondary N) is 1. The maximum absolute atomic E-state index is 5.99. The van der Waals surface area contributed by atoms with Crippen LogP contribution in [-0.2, 0) is 0 Å². The molecule has 0 amide bonds. The highest BCUT2D eigenvalue weighted by Crippen LogP contribution is 2.27. The van der Waals surface area contributed by atoms with Gasteiger partial charge < -0.3 is 10.1 Å². The van der Waals surface area contributed by atoms with Gasteiger partial charge in [0.1, 0.15) is 5.75 Å². The second-order valence-corrected chi connectivity index (χ2v) is 4.85. The number of ether oxygens (including phenoxy) is 1. The number of benzene rings is 1. The van der Waals surface area contributed by atoms with Crippen molar-refractivity contribution in [2.45, 2.75) is 25.3 Å². The first-order valence-corrected chi connectivity index (χ1v) is 6.32. The van der Waals surface area contributed by atoms with Crippen LogP contribution in [0.1, 0.15) is 19.3 Å². The van der Waals surface area contributed by atoms with Crippen LogP contribution in [0, 0.1) is 0 Å². The predicted octanol–water partition coefficient (Wildman–Crippen LogP) is 3.51. The first-order valence-electron chi connectivity index (χ1n) is 5.57. The first kappa shape index (κ1) is 12.0. The molecule has 16 heavy (non-hydrogen) atoms. The topological polar surface area (TPSA) is 21.3 Å². The van der Waals surface area contributed by atoms with Gasteiger partial charge in [-0.2, -0.15) is 0 Å². The van der Waals surface area contributed by atoms with Crippen LogP contribution >= 0.6 is 23.2 Å². The molecule has 1 atom stereocenters. The van der Waals surface area contributed by atoms with Gasteiger partial charge in [0, 0.05) is 17.1 Å². The van der Waals surface area contributed by atoms with Crippen molar-refractivity contribution in [3.05, 3.63) is 28.2 Å². The Hall–Kier alpha value is -0.440. The van der Waals surface area contributed by atoms with Crippen LogP contribution in [0.4, 0.5) is 0 Å². The summed E-state index contributed by atoms with van der Waals surface area (Å²) in [4.78, 5) is 0. The van der Waals surface area contributed by atoms with Crippen molar-refractivity contribution in [3.63, 3.8) is 0 Å². The fourth-order valence-electron chi connectivity index (χ4n) is 1.90. The van der Waals surface area contributed by atoms with Crippen molar-refractivity contribution in [3.8, 4) is 5.75 Å². The Morgan fingerprint density at radius 1 is 1.38 bits per heavy atom. The average Bonchev–Trinajstić information content (AvgIpc) is 2.76. The van der Waals surface area contributed by atoms with E-state index >= 15 is 0 Å². The Balaban J connectivity index is 1.82. The third-order valence-electron chi connectivity index (χ3n) is 2.78. The van der Waals surface area contributed by atoms with Crippen LogP contribution in [0.2, 0.25) is 10.0 Å². The van der Waals surface area contributed by atoms with Crippen LogP contribution in [0.5, 0.6) is 5.75 Å². The lowest BCUT2D eigenvalue weighted by molar-refractivity contribution is 0.292. The molecule has 0 radical (unpaired) electrons. The Morgan fingerprint density at radius 3 is 3.00 bits per heavy atom. The zero-order valence-electron chi connectivity index (χ0n) is 9.01. The second-order valence-electron chi connectivity index (χ2n) is 4.01. The normalized spacial score (nSPS) is 20.0. The van der Waals surface area contributed by atoms with Crippen LogP contribution in [0.3, 0.4) is 0 Å². The van der Waals surface area contributed by atoms with Gasteiger partial charge >= 0.3 is 0 Å². The summed E-state index contributed by atoms with van der Waals surface area (Å²) in [5.41, 5.74) is 0. The van der Waals surface area contributed by atoms with Crippen molar-refractivity contribution in [1.29, 1.82) is 0 Å². The summed E-state index contributed by atoms with van der Waals surface area (Å²) < 4.78 is 5.62. The van der Waals surface area contributed by atoms with E-state index in [0.29, 0.717) is 28.4 Å². The van der Waals surface area contributed by atoms with Gasteiger partial charge in [-0.1, -0.05) is 23.2 Å². The van der Waals surface area contributed by atoms with Crippen molar-refractivity contribution in [1.82, 2.24) is 5.32 Å². The molecule has 0 saturated carbocycles. The van der Waals surface area contributed by atoms with Crippen molar-refractivity contribution in [2.24, 2.45) is 0 Å². The summed E-state index contributed by atoms with van der Waals surface area (Å²) in [6.45, 7) is 1.81. The predicted molar refractivity (Wildman–Crippen MR) is 67.6 cm³/mol. The Morgan fingerprint density at radius 2 is 2.25 bits per heavy atom. The minimum absolute atomic E-state index is 0.595. The van der Waals surface area contributed by atoms with Crippen molar-refractivity contribution >= 4 is 23.2 Å². The van der Waals surface area contributed by atoms with E-state index in [9.17, 15) is 0 Å². The molecule has 1 aromatic carbocycles. The van der Waals surface area contributed by atoms with E-state index in [0.717, 1.165) is 13.0 Å². The summed E-state index contributed by atoms with van der Waals surface area (Å²) >= 11 is 11.9. The van der Waals surface area contributed by atoms with E-state index in [1.807, 2.05) is 0 Å². The first-order chi connectivity index (χ1) is 7.75. The number of rotatable bonds is 4. The number of hydrogen-bond acceptors (Lipinski definition) is 2. The largest absolute Gasteiger partial charge is 0.492 e. The Kier molecular flexibility index (Phi) is 4.33. The van der Waals surface area contributed by atoms with E-state index in [1.165, 1.54) is 12.8 Å². The zero-order valence-corrected chi connectivity index (χ0v) is 10.5. The van der Waals surface area contributed by atoms with Gasteiger partial charge in [-0.25, -0.2) is 0 Å². The average molecular weight is 260 g/mol. The molecule has 1 saturated heterocycles. The molecule has 88 valence electrons. The number of hydrogen-bond donors (Lipinski definition) is 1. The summed E-state index contributed by atoms with van der Waals surface area (Å²) in [6, 6.07) is 5.87. The molecule has 0 spiro atoms. The van der Waals surface area contributed by atoms with E-state index < -0.39 is 0 Å². The lowest BCUT2D eigenvalue weighted by Gasteiger charge is -2.12. The maximum atomic E-state index is 5.99. The van der Waals surface area contributed by atoms with Crippen molar-refractivity contribution < 1.29 is 4.74 Å². The standard InChI is InChI=1S/C12H15Cl2NO/c13-9-3-4-11(14)12(8-9)16-7-5-10-2-1-6-15-10/h3-4,8,10,15H,1-2,5-7H2. The zero-order chi connectivity index (χ0) is 11.4. The molecule has 1 aliphatic rings. The van der Waals surface area contributed by atoms with Gasteiger partial charge in [0.15, 0.2) is 0 Å². The lowest BCUT2D eigenvalue weighted by Crippen LogP contribution is -2.23. The van der Waals surface area contributed by atoms with Gasteiger partial charge in [0.25, 0.3) is 0 Å². The Labute approximate surface area is 106 Å². The van der Waals surface area contributed by atoms with Gasteiger partial charge in [0.05, 0.1) is 11.6 Å². The number of halogens is 2. The van der Waals surface area contributed by atoms with Crippen LogP contribution in [0.15, 0.2) is 18.2 Å². The summed E-state index contributed by atoms with van der Waals surface area (Å²) in [6.07, 6.45) is 3.53. The third-order valence-corrected chi connectivity index (χ3v) is 3.33. The van der Waals surface area contributed by atoms with Gasteiger partial charge in [-0.15, -0.1) is 0 Å². The third kappa shape index (κ3) is 3.27. The van der Waals surface area contributed by atoms with E-state index in [4.69, 9.17) is 27.9 Å². The second kappa shape index (κ2) is 5.76. The molecule has 4 heteroatoms. The molecule has 2 rings (SSSR count). The molecule has 0 bridgehead atoms. The fourth-order valence-corrected chi connectivity index (χ4v) is 2.24. The van der Waals surface area contributed by atoms with E-state index in [2.05, 4.69) is 5.32 Å². The van der Waals surface area contributed by atoms with Gasteiger partial charge in [0.2, 0.25) is 0 Å². The summed E-state index contributed by atoms with van der Waals surface area (Å²) in [5.74, 6) is 0.673. The summed E-state index contributed by atoms with van der Waals surface area (Å²) in [5, 5.41) is 4.70. The minimum atomic E-state index is 0.595. The van der Waals surface area contributed by atoms with Crippen LogP contribution in [-0.4, -0.2) is 19.2 Å². The molecule has 1 aliphatic heterocycles. The molecule has 1 heterocycles. The summed E-state index contributed by atoms with van der Waals surface area (Å²) in [7, 11) is 0. The molecule has 1 N–H and O–H groups in total. The van der Waals surface area contributed by atoms with Gasteiger partial charge in [-0.05, 0) is 37.9 Å². The molecule has 0 aromatic heterocycles. The molecule has 2 nitrogen and oxygen atoms in total. The van der Waals surface area contributed by atoms with E-state index in [-0.39, 0.29) is 0 Å². The highest BCUT2D eigenvalue weighted by atomic mass is 35.5. The fraction of sp³-hybridized carbons (Fsp3) is 0.500. The molecular weight excluding hydrogens is 245 g/mol. The van der Waals surface area contributed by atoms with Crippen molar-refractivity contribution in [2.75, 3.05) is 13.2 Å². The monoisotopic (exact) mass is 259 g/mol. The smallest absolute Gasteiger partial charge is 0.139 e. The SMILES string of the molecule is Clc1ccc(Cl)c(OCCC2CCCN2)c1. The maximum Gasteiger partial charge on any atom is 0.139 e.